The monoisotopic (exact) mass is 655 g/mol. The largest absolute Gasteiger partial charge is 0.355 e. The lowest BCUT2D eigenvalue weighted by atomic mass is 10.0. The van der Waals surface area contributed by atoms with Crippen molar-refractivity contribution in [3.05, 3.63) is 130 Å². The molecule has 4 rings (SSSR count). The second-order valence-electron chi connectivity index (χ2n) is 10.2. The van der Waals surface area contributed by atoms with Gasteiger partial charge in [-0.3, -0.25) is 13.9 Å². The molecule has 1 N–H and O–H groups in total. The summed E-state index contributed by atoms with van der Waals surface area (Å²) in [4.78, 5) is 29.0. The SMILES string of the molecule is CCNC(=O)[C@@H](Cc1ccccc1)N(Cc1ccccc1F)C(=O)CN(c1cc(Cl)cc(Cl)c1)S(=O)(=O)c1ccc(C)cc1. The van der Waals surface area contributed by atoms with Crippen LogP contribution in [0.2, 0.25) is 10.0 Å². The van der Waals surface area contributed by atoms with Crippen molar-refractivity contribution < 1.29 is 22.4 Å². The van der Waals surface area contributed by atoms with Gasteiger partial charge >= 0.3 is 0 Å². The van der Waals surface area contributed by atoms with E-state index in [2.05, 4.69) is 5.32 Å². The first-order chi connectivity index (χ1) is 21.0. The van der Waals surface area contributed by atoms with Crippen molar-refractivity contribution in [3.8, 4) is 0 Å². The van der Waals surface area contributed by atoms with E-state index in [1.807, 2.05) is 37.3 Å². The Hall–Kier alpha value is -3.92. The van der Waals surface area contributed by atoms with Gasteiger partial charge in [0.25, 0.3) is 10.0 Å². The number of halogens is 3. The van der Waals surface area contributed by atoms with Crippen LogP contribution in [0.1, 0.15) is 23.6 Å². The lowest BCUT2D eigenvalue weighted by Gasteiger charge is -2.34. The minimum Gasteiger partial charge on any atom is -0.355 e. The molecule has 0 bridgehead atoms. The van der Waals surface area contributed by atoms with Gasteiger partial charge in [-0.15, -0.1) is 0 Å². The maximum atomic E-state index is 14.9. The number of amides is 2. The molecule has 0 fully saturated rings. The van der Waals surface area contributed by atoms with Crippen molar-refractivity contribution in [2.24, 2.45) is 0 Å². The zero-order valence-electron chi connectivity index (χ0n) is 24.2. The molecule has 4 aromatic rings. The molecular formula is C33H32Cl2FN3O4S. The summed E-state index contributed by atoms with van der Waals surface area (Å²) >= 11 is 12.5. The van der Waals surface area contributed by atoms with Crippen LogP contribution in [0.25, 0.3) is 0 Å². The van der Waals surface area contributed by atoms with Gasteiger partial charge in [-0.05, 0) is 55.8 Å². The molecule has 7 nitrogen and oxygen atoms in total. The molecule has 0 spiro atoms. The van der Waals surface area contributed by atoms with Crippen LogP contribution in [0.5, 0.6) is 0 Å². The van der Waals surface area contributed by atoms with Crippen molar-refractivity contribution in [1.82, 2.24) is 10.2 Å². The van der Waals surface area contributed by atoms with Crippen LogP contribution >= 0.6 is 23.2 Å². The number of benzene rings is 4. The Morgan fingerprint density at radius 2 is 1.50 bits per heavy atom. The third-order valence-electron chi connectivity index (χ3n) is 6.94. The third kappa shape index (κ3) is 8.16. The molecule has 0 radical (unpaired) electrons. The van der Waals surface area contributed by atoms with Crippen LogP contribution in [0, 0.1) is 12.7 Å². The fourth-order valence-electron chi connectivity index (χ4n) is 4.71. The first kappa shape index (κ1) is 33.0. The number of sulfonamides is 1. The molecule has 0 aliphatic carbocycles. The van der Waals surface area contributed by atoms with Crippen LogP contribution in [0.3, 0.4) is 0 Å². The normalized spacial score (nSPS) is 11.9. The van der Waals surface area contributed by atoms with Crippen molar-refractivity contribution in [2.75, 3.05) is 17.4 Å². The number of rotatable bonds is 12. The van der Waals surface area contributed by atoms with Crippen LogP contribution < -0.4 is 9.62 Å². The van der Waals surface area contributed by atoms with Crippen LogP contribution in [0.4, 0.5) is 10.1 Å². The number of carbonyl (C=O) groups excluding carboxylic acids is 2. The second kappa shape index (κ2) is 14.7. The zero-order chi connectivity index (χ0) is 31.9. The third-order valence-corrected chi connectivity index (χ3v) is 9.17. The van der Waals surface area contributed by atoms with Crippen LogP contribution in [-0.2, 0) is 32.6 Å². The minimum absolute atomic E-state index is 0.0554. The predicted octanol–water partition coefficient (Wildman–Crippen LogP) is 6.41. The summed E-state index contributed by atoms with van der Waals surface area (Å²) in [5, 5.41) is 3.10. The molecular weight excluding hydrogens is 624 g/mol. The molecule has 44 heavy (non-hydrogen) atoms. The number of aryl methyl sites for hydroxylation is 1. The highest BCUT2D eigenvalue weighted by Gasteiger charge is 2.35. The zero-order valence-corrected chi connectivity index (χ0v) is 26.5. The highest BCUT2D eigenvalue weighted by atomic mass is 35.5. The summed E-state index contributed by atoms with van der Waals surface area (Å²) in [5.41, 5.74) is 1.84. The topological polar surface area (TPSA) is 86.8 Å². The number of nitrogens with one attached hydrogen (secondary N) is 1. The average molecular weight is 657 g/mol. The van der Waals surface area contributed by atoms with Crippen molar-refractivity contribution in [2.45, 2.75) is 37.8 Å². The molecule has 230 valence electrons. The molecule has 11 heteroatoms. The Bertz CT molecular complexity index is 1700. The van der Waals surface area contributed by atoms with E-state index in [-0.39, 0.29) is 39.2 Å². The summed E-state index contributed by atoms with van der Waals surface area (Å²) in [6.07, 6.45) is 0.112. The van der Waals surface area contributed by atoms with Gasteiger partial charge in [0, 0.05) is 35.1 Å². The highest BCUT2D eigenvalue weighted by molar-refractivity contribution is 7.92. The Kier molecular flexibility index (Phi) is 11.0. The predicted molar refractivity (Wildman–Crippen MR) is 172 cm³/mol. The molecule has 1 atom stereocenters. The second-order valence-corrected chi connectivity index (χ2v) is 12.9. The number of nitrogens with zero attached hydrogens (tertiary/aromatic N) is 2. The van der Waals surface area contributed by atoms with Gasteiger partial charge in [0.2, 0.25) is 11.8 Å². The molecule has 0 heterocycles. The maximum Gasteiger partial charge on any atom is 0.264 e. The van der Waals surface area contributed by atoms with E-state index in [1.165, 1.54) is 53.4 Å². The standard InChI is InChI=1S/C33H32Cl2FN3O4S/c1-3-37-33(41)31(17-24-9-5-4-6-10-24)38(21-25-11-7-8-12-30(25)36)32(40)22-39(28-19-26(34)18-27(35)20-28)44(42,43)29-15-13-23(2)14-16-29/h4-16,18-20,31H,3,17,21-22H2,1-2H3,(H,37,41)/t31-/m1/s1. The fraction of sp³-hybridized carbons (Fsp3) is 0.212. The van der Waals surface area contributed by atoms with Crippen LogP contribution in [-0.4, -0.2) is 44.3 Å². The van der Waals surface area contributed by atoms with E-state index in [0.717, 1.165) is 15.4 Å². The smallest absolute Gasteiger partial charge is 0.264 e. The van der Waals surface area contributed by atoms with E-state index in [9.17, 15) is 22.4 Å². The first-order valence-electron chi connectivity index (χ1n) is 13.9. The summed E-state index contributed by atoms with van der Waals surface area (Å²) in [5.74, 6) is -1.75. The van der Waals surface area contributed by atoms with Gasteiger partial charge in [-0.2, -0.15) is 0 Å². The lowest BCUT2D eigenvalue weighted by molar-refractivity contribution is -0.140. The van der Waals surface area contributed by atoms with Crippen molar-refractivity contribution in [3.63, 3.8) is 0 Å². The van der Waals surface area contributed by atoms with E-state index < -0.39 is 40.2 Å². The van der Waals surface area contributed by atoms with E-state index in [4.69, 9.17) is 23.2 Å². The van der Waals surface area contributed by atoms with Crippen LogP contribution in [0.15, 0.2) is 102 Å². The van der Waals surface area contributed by atoms with E-state index in [0.29, 0.717) is 6.54 Å². The van der Waals surface area contributed by atoms with E-state index in [1.54, 1.807) is 25.1 Å². The summed E-state index contributed by atoms with van der Waals surface area (Å²) in [6.45, 7) is 2.87. The molecule has 0 saturated carbocycles. The molecule has 0 saturated heterocycles. The fourth-order valence-corrected chi connectivity index (χ4v) is 6.62. The Morgan fingerprint density at radius 3 is 2.11 bits per heavy atom. The molecule has 0 unspecified atom stereocenters. The quantitative estimate of drug-likeness (QED) is 0.191. The first-order valence-corrected chi connectivity index (χ1v) is 16.1. The maximum absolute atomic E-state index is 14.9. The lowest BCUT2D eigenvalue weighted by Crippen LogP contribution is -2.53. The van der Waals surface area contributed by atoms with Gasteiger partial charge in [-0.25, -0.2) is 12.8 Å². The number of anilines is 1. The molecule has 0 aliphatic rings. The molecule has 4 aromatic carbocycles. The van der Waals surface area contributed by atoms with Gasteiger partial charge in [-0.1, -0.05) is 89.4 Å². The Balaban J connectivity index is 1.83. The molecule has 2 amide bonds. The highest BCUT2D eigenvalue weighted by Crippen LogP contribution is 2.30. The van der Waals surface area contributed by atoms with Crippen molar-refractivity contribution in [1.29, 1.82) is 0 Å². The Labute approximate surface area is 267 Å². The summed E-state index contributed by atoms with van der Waals surface area (Å²) < 4.78 is 44.0. The van der Waals surface area contributed by atoms with Gasteiger partial charge in [0.1, 0.15) is 18.4 Å². The minimum atomic E-state index is -4.34. The molecule has 0 aliphatic heterocycles. The number of hydrogen-bond acceptors (Lipinski definition) is 4. The number of carbonyl (C=O) groups is 2. The van der Waals surface area contributed by atoms with Gasteiger partial charge in [0.15, 0.2) is 0 Å². The van der Waals surface area contributed by atoms with E-state index >= 15 is 0 Å². The van der Waals surface area contributed by atoms with Gasteiger partial charge < -0.3 is 10.2 Å². The summed E-state index contributed by atoms with van der Waals surface area (Å²) in [6, 6.07) is 24.3. The number of hydrogen-bond donors (Lipinski definition) is 1. The Morgan fingerprint density at radius 1 is 0.886 bits per heavy atom. The molecule has 0 aromatic heterocycles. The van der Waals surface area contributed by atoms with Gasteiger partial charge in [0.05, 0.1) is 10.6 Å². The van der Waals surface area contributed by atoms with Crippen molar-refractivity contribution >= 4 is 50.7 Å². The summed E-state index contributed by atoms with van der Waals surface area (Å²) in [7, 11) is -4.34. The number of likely N-dealkylation sites (N-methyl/N-ethyl adjacent to an activating group) is 1. The average Bonchev–Trinajstić information content (AvgIpc) is 2.98.